The molecule has 0 saturated carbocycles. The molecular weight excluding hydrogens is 287 g/mol. The summed E-state index contributed by atoms with van der Waals surface area (Å²) in [6.45, 7) is 2.28. The molecule has 0 aromatic heterocycles. The molecule has 1 saturated heterocycles. The van der Waals surface area contributed by atoms with Crippen LogP contribution in [0.4, 0.5) is 18.9 Å². The highest BCUT2D eigenvalue weighted by Gasteiger charge is 2.27. The number of hydrogen-bond acceptors (Lipinski definition) is 3. The second-order valence-electron chi connectivity index (χ2n) is 4.86. The molecule has 0 aliphatic carbocycles. The van der Waals surface area contributed by atoms with E-state index in [9.17, 15) is 13.2 Å². The first-order valence-corrected chi connectivity index (χ1v) is 7.63. The first-order valence-electron chi connectivity index (χ1n) is 6.65. The van der Waals surface area contributed by atoms with Gasteiger partial charge in [-0.3, -0.25) is 0 Å². The van der Waals surface area contributed by atoms with Crippen molar-refractivity contribution in [1.29, 1.82) is 0 Å². The number of thioether (sulfide) groups is 1. The molecular formula is C14H18F3NOS. The Morgan fingerprint density at radius 3 is 2.80 bits per heavy atom. The zero-order chi connectivity index (χ0) is 14.4. The number of benzene rings is 1. The second kappa shape index (κ2) is 7.22. The summed E-state index contributed by atoms with van der Waals surface area (Å²) >= 11 is 0.822. The Hall–Kier alpha value is -0.880. The lowest BCUT2D eigenvalue weighted by atomic mass is 10.0. The van der Waals surface area contributed by atoms with Crippen molar-refractivity contribution in [2.24, 2.45) is 5.92 Å². The lowest BCUT2D eigenvalue weighted by Gasteiger charge is -2.23. The predicted molar refractivity (Wildman–Crippen MR) is 75.3 cm³/mol. The minimum atomic E-state index is -4.14. The third-order valence-corrected chi connectivity index (χ3v) is 4.25. The van der Waals surface area contributed by atoms with Crippen LogP contribution in [0.15, 0.2) is 29.2 Å². The van der Waals surface area contributed by atoms with E-state index < -0.39 is 11.9 Å². The predicted octanol–water partition coefficient (Wildman–Crippen LogP) is 4.18. The van der Waals surface area contributed by atoms with Crippen LogP contribution in [0, 0.1) is 5.92 Å². The number of alkyl halides is 3. The van der Waals surface area contributed by atoms with Gasteiger partial charge in [0, 0.05) is 23.7 Å². The van der Waals surface area contributed by atoms with Gasteiger partial charge in [-0.15, -0.1) is 11.8 Å². The van der Waals surface area contributed by atoms with Crippen LogP contribution in [0.25, 0.3) is 0 Å². The van der Waals surface area contributed by atoms with Crippen LogP contribution in [-0.2, 0) is 4.74 Å². The highest BCUT2D eigenvalue weighted by molar-refractivity contribution is 7.99. The molecule has 1 fully saturated rings. The van der Waals surface area contributed by atoms with Crippen LogP contribution in [0.5, 0.6) is 0 Å². The maximum atomic E-state index is 12.3. The van der Waals surface area contributed by atoms with E-state index in [1.54, 1.807) is 12.1 Å². The van der Waals surface area contributed by atoms with Gasteiger partial charge in [0.1, 0.15) is 0 Å². The summed E-state index contributed by atoms with van der Waals surface area (Å²) in [4.78, 5) is 0.640. The van der Waals surface area contributed by atoms with Gasteiger partial charge in [-0.1, -0.05) is 12.1 Å². The Kier molecular flexibility index (Phi) is 5.60. The highest BCUT2D eigenvalue weighted by atomic mass is 32.2. The van der Waals surface area contributed by atoms with Crippen molar-refractivity contribution in [2.45, 2.75) is 23.9 Å². The van der Waals surface area contributed by atoms with Gasteiger partial charge in [-0.25, -0.2) is 0 Å². The standard InChI is InChI=1S/C14H18F3NOS/c15-14(16,17)10-20-13-6-2-1-5-12(13)18-8-11-4-3-7-19-9-11/h1-2,5-6,11,18H,3-4,7-10H2. The van der Waals surface area contributed by atoms with Crippen LogP contribution >= 0.6 is 11.8 Å². The minimum Gasteiger partial charge on any atom is -0.384 e. The van der Waals surface area contributed by atoms with Gasteiger partial charge in [0.15, 0.2) is 0 Å². The first-order chi connectivity index (χ1) is 9.54. The SMILES string of the molecule is FC(F)(F)CSc1ccccc1NCC1CCCOC1. The summed E-state index contributed by atoms with van der Waals surface area (Å²) < 4.78 is 42.3. The average molecular weight is 305 g/mol. The molecule has 0 amide bonds. The molecule has 112 valence electrons. The van der Waals surface area contributed by atoms with Crippen LogP contribution in [0.1, 0.15) is 12.8 Å². The topological polar surface area (TPSA) is 21.3 Å². The number of para-hydroxylation sites is 1. The van der Waals surface area contributed by atoms with Gasteiger partial charge < -0.3 is 10.1 Å². The normalized spacial score (nSPS) is 19.9. The van der Waals surface area contributed by atoms with E-state index >= 15 is 0 Å². The Labute approximate surface area is 121 Å². The number of ether oxygens (including phenoxy) is 1. The van der Waals surface area contributed by atoms with Gasteiger partial charge in [0.2, 0.25) is 0 Å². The Bertz CT molecular complexity index is 419. The number of hydrogen-bond donors (Lipinski definition) is 1. The molecule has 20 heavy (non-hydrogen) atoms. The van der Waals surface area contributed by atoms with Gasteiger partial charge >= 0.3 is 6.18 Å². The first kappa shape index (κ1) is 15.5. The zero-order valence-electron chi connectivity index (χ0n) is 11.1. The molecule has 1 atom stereocenters. The summed E-state index contributed by atoms with van der Waals surface area (Å²) in [5.74, 6) is -0.428. The fourth-order valence-corrected chi connectivity index (χ4v) is 2.91. The molecule has 1 aromatic rings. The molecule has 1 aromatic carbocycles. The van der Waals surface area contributed by atoms with Gasteiger partial charge in [0.05, 0.1) is 12.4 Å². The van der Waals surface area contributed by atoms with E-state index in [1.807, 2.05) is 12.1 Å². The molecule has 0 bridgehead atoms. The van der Waals surface area contributed by atoms with E-state index in [0.29, 0.717) is 10.8 Å². The highest BCUT2D eigenvalue weighted by Crippen LogP contribution is 2.32. The zero-order valence-corrected chi connectivity index (χ0v) is 11.9. The van der Waals surface area contributed by atoms with Crippen molar-refractivity contribution in [3.05, 3.63) is 24.3 Å². The van der Waals surface area contributed by atoms with E-state index in [-0.39, 0.29) is 0 Å². The lowest BCUT2D eigenvalue weighted by molar-refractivity contribution is -0.105. The number of anilines is 1. The number of halogens is 3. The van der Waals surface area contributed by atoms with E-state index in [0.717, 1.165) is 50.0 Å². The summed E-state index contributed by atoms with van der Waals surface area (Å²) in [7, 11) is 0. The molecule has 1 aliphatic rings. The third-order valence-electron chi connectivity index (χ3n) is 3.11. The van der Waals surface area contributed by atoms with Crippen molar-refractivity contribution in [3.8, 4) is 0 Å². The van der Waals surface area contributed by atoms with Crippen molar-refractivity contribution >= 4 is 17.4 Å². The molecule has 1 aliphatic heterocycles. The molecule has 6 heteroatoms. The fraction of sp³-hybridized carbons (Fsp3) is 0.571. The summed E-state index contributed by atoms with van der Waals surface area (Å²) in [6, 6.07) is 7.13. The van der Waals surface area contributed by atoms with Crippen LogP contribution < -0.4 is 5.32 Å². The van der Waals surface area contributed by atoms with Crippen LogP contribution in [0.2, 0.25) is 0 Å². The maximum absolute atomic E-state index is 12.3. The smallest absolute Gasteiger partial charge is 0.384 e. The van der Waals surface area contributed by atoms with E-state index in [2.05, 4.69) is 5.32 Å². The van der Waals surface area contributed by atoms with Gasteiger partial charge in [0.25, 0.3) is 0 Å². The van der Waals surface area contributed by atoms with Gasteiger partial charge in [-0.05, 0) is 30.9 Å². The average Bonchev–Trinajstić information content (AvgIpc) is 2.44. The Balaban J connectivity index is 1.89. The molecule has 2 rings (SSSR count). The Morgan fingerprint density at radius 1 is 1.30 bits per heavy atom. The van der Waals surface area contributed by atoms with E-state index in [1.165, 1.54) is 0 Å². The monoisotopic (exact) mass is 305 g/mol. The second-order valence-corrected chi connectivity index (χ2v) is 5.88. The Morgan fingerprint density at radius 2 is 2.10 bits per heavy atom. The fourth-order valence-electron chi connectivity index (χ4n) is 2.12. The lowest BCUT2D eigenvalue weighted by Crippen LogP contribution is -2.24. The summed E-state index contributed by atoms with van der Waals surface area (Å²) in [5.41, 5.74) is 0.771. The summed E-state index contributed by atoms with van der Waals surface area (Å²) in [5, 5.41) is 3.25. The van der Waals surface area contributed by atoms with Crippen molar-refractivity contribution in [1.82, 2.24) is 0 Å². The van der Waals surface area contributed by atoms with Crippen molar-refractivity contribution < 1.29 is 17.9 Å². The quantitative estimate of drug-likeness (QED) is 0.825. The van der Waals surface area contributed by atoms with Gasteiger partial charge in [-0.2, -0.15) is 13.2 Å². The van der Waals surface area contributed by atoms with Crippen molar-refractivity contribution in [3.63, 3.8) is 0 Å². The molecule has 0 spiro atoms. The third kappa shape index (κ3) is 5.25. The molecule has 1 N–H and O–H groups in total. The number of nitrogens with one attached hydrogen (secondary N) is 1. The minimum absolute atomic E-state index is 0.435. The van der Waals surface area contributed by atoms with Crippen molar-refractivity contribution in [2.75, 3.05) is 30.8 Å². The van der Waals surface area contributed by atoms with Crippen LogP contribution in [-0.4, -0.2) is 31.7 Å². The molecule has 2 nitrogen and oxygen atoms in total. The largest absolute Gasteiger partial charge is 0.398 e. The molecule has 1 unspecified atom stereocenters. The maximum Gasteiger partial charge on any atom is 0.398 e. The number of rotatable bonds is 5. The molecule has 0 radical (unpaired) electrons. The van der Waals surface area contributed by atoms with E-state index in [4.69, 9.17) is 4.74 Å². The summed E-state index contributed by atoms with van der Waals surface area (Å²) in [6.07, 6.45) is -1.99. The molecule has 1 heterocycles. The van der Waals surface area contributed by atoms with Crippen LogP contribution in [0.3, 0.4) is 0 Å².